The minimum Gasteiger partial charge on any atom is -0.390 e. The molecule has 0 fully saturated rings. The fraction of sp³-hybridized carbons (Fsp3) is 0.538. The molecular formula is C13H19FO5S. The highest BCUT2D eigenvalue weighted by Crippen LogP contribution is 2.13. The number of ether oxygens (including phenoxy) is 2. The molecule has 2 atom stereocenters. The van der Waals surface area contributed by atoms with Crippen molar-refractivity contribution in [2.45, 2.75) is 24.0 Å². The Morgan fingerprint density at radius 3 is 2.65 bits per heavy atom. The topological polar surface area (TPSA) is 72.8 Å². The zero-order chi connectivity index (χ0) is 15.2. The lowest BCUT2D eigenvalue weighted by atomic mass is 10.3. The number of methoxy groups -OCH3 is 1. The summed E-state index contributed by atoms with van der Waals surface area (Å²) < 4.78 is 47.0. The van der Waals surface area contributed by atoms with Gasteiger partial charge in [-0.15, -0.1) is 0 Å². The number of halogens is 1. The summed E-state index contributed by atoms with van der Waals surface area (Å²) in [6.07, 6.45) is -1.42. The highest BCUT2D eigenvalue weighted by molar-refractivity contribution is 7.91. The minimum atomic E-state index is -3.74. The molecule has 0 aliphatic carbocycles. The van der Waals surface area contributed by atoms with Crippen LogP contribution in [0.3, 0.4) is 0 Å². The van der Waals surface area contributed by atoms with Crippen LogP contribution >= 0.6 is 0 Å². The average Bonchev–Trinajstić information content (AvgIpc) is 2.36. The maximum absolute atomic E-state index is 13.0. The molecule has 7 heteroatoms. The first-order valence-corrected chi connectivity index (χ1v) is 7.77. The Labute approximate surface area is 118 Å². The lowest BCUT2D eigenvalue weighted by Gasteiger charge is -2.16. The van der Waals surface area contributed by atoms with E-state index in [0.29, 0.717) is 6.61 Å². The second kappa shape index (κ2) is 7.68. The van der Waals surface area contributed by atoms with Gasteiger partial charge in [-0.25, -0.2) is 12.8 Å². The Bertz CT molecular complexity index is 517. The quantitative estimate of drug-likeness (QED) is 0.776. The Hall–Kier alpha value is -1.02. The van der Waals surface area contributed by atoms with Crippen LogP contribution in [0.25, 0.3) is 0 Å². The zero-order valence-corrected chi connectivity index (χ0v) is 12.3. The van der Waals surface area contributed by atoms with E-state index < -0.39 is 27.5 Å². The first kappa shape index (κ1) is 17.0. The molecule has 0 spiro atoms. The molecule has 1 aromatic rings. The van der Waals surface area contributed by atoms with Crippen LogP contribution in [-0.4, -0.2) is 51.8 Å². The van der Waals surface area contributed by atoms with Gasteiger partial charge in [-0.2, -0.15) is 0 Å². The maximum atomic E-state index is 13.0. The predicted molar refractivity (Wildman–Crippen MR) is 71.7 cm³/mol. The molecule has 0 bridgehead atoms. The number of aliphatic hydroxyl groups is 1. The van der Waals surface area contributed by atoms with Crippen molar-refractivity contribution in [1.82, 2.24) is 0 Å². The number of benzene rings is 1. The smallest absolute Gasteiger partial charge is 0.181 e. The normalized spacial score (nSPS) is 15.0. The van der Waals surface area contributed by atoms with Crippen LogP contribution in [0.2, 0.25) is 0 Å². The van der Waals surface area contributed by atoms with Gasteiger partial charge in [0.15, 0.2) is 9.84 Å². The highest BCUT2D eigenvalue weighted by Gasteiger charge is 2.21. The molecule has 0 aliphatic heterocycles. The molecule has 5 nitrogen and oxygen atoms in total. The summed E-state index contributed by atoms with van der Waals surface area (Å²) in [5.41, 5.74) is 0. The Morgan fingerprint density at radius 2 is 2.05 bits per heavy atom. The van der Waals surface area contributed by atoms with Crippen LogP contribution in [0.1, 0.15) is 6.92 Å². The summed E-state index contributed by atoms with van der Waals surface area (Å²) in [5.74, 6) is -1.15. The van der Waals surface area contributed by atoms with Crippen molar-refractivity contribution in [3.8, 4) is 0 Å². The van der Waals surface area contributed by atoms with Gasteiger partial charge in [0, 0.05) is 7.11 Å². The number of rotatable bonds is 8. The van der Waals surface area contributed by atoms with Crippen molar-refractivity contribution < 1.29 is 27.4 Å². The molecular weight excluding hydrogens is 287 g/mol. The molecule has 0 saturated heterocycles. The third kappa shape index (κ3) is 5.54. The molecule has 0 heterocycles. The fourth-order valence-electron chi connectivity index (χ4n) is 1.62. The van der Waals surface area contributed by atoms with E-state index in [4.69, 9.17) is 9.47 Å². The van der Waals surface area contributed by atoms with Crippen LogP contribution in [0, 0.1) is 5.82 Å². The molecule has 114 valence electrons. The van der Waals surface area contributed by atoms with Gasteiger partial charge in [0.2, 0.25) is 0 Å². The summed E-state index contributed by atoms with van der Waals surface area (Å²) in [6.45, 7) is 1.97. The first-order valence-electron chi connectivity index (χ1n) is 6.12. The van der Waals surface area contributed by atoms with Crippen LogP contribution < -0.4 is 0 Å². The third-order valence-corrected chi connectivity index (χ3v) is 4.34. The maximum Gasteiger partial charge on any atom is 0.181 e. The summed E-state index contributed by atoms with van der Waals surface area (Å²) in [7, 11) is -2.22. The molecule has 0 amide bonds. The number of hydrogen-bond acceptors (Lipinski definition) is 5. The van der Waals surface area contributed by atoms with Crippen molar-refractivity contribution in [3.63, 3.8) is 0 Å². The molecule has 0 aromatic heterocycles. The second-order valence-electron chi connectivity index (χ2n) is 4.49. The molecule has 0 radical (unpaired) electrons. The van der Waals surface area contributed by atoms with Gasteiger partial charge in [-0.1, -0.05) is 6.07 Å². The highest BCUT2D eigenvalue weighted by atomic mass is 32.2. The lowest BCUT2D eigenvalue weighted by Crippen LogP contribution is -2.29. The second-order valence-corrected chi connectivity index (χ2v) is 6.53. The van der Waals surface area contributed by atoms with Crippen LogP contribution in [0.15, 0.2) is 29.2 Å². The fourth-order valence-corrected chi connectivity index (χ4v) is 2.99. The number of aliphatic hydroxyl groups excluding tert-OH is 1. The van der Waals surface area contributed by atoms with Crippen molar-refractivity contribution >= 4 is 9.84 Å². The third-order valence-electron chi connectivity index (χ3n) is 2.54. The van der Waals surface area contributed by atoms with E-state index in [9.17, 15) is 17.9 Å². The summed E-state index contributed by atoms with van der Waals surface area (Å²) in [4.78, 5) is -0.151. The SMILES string of the molecule is COCC(C)OCC(O)CS(=O)(=O)c1cccc(F)c1. The number of hydrogen-bond donors (Lipinski definition) is 1. The van der Waals surface area contributed by atoms with Gasteiger partial charge in [0.1, 0.15) is 5.82 Å². The largest absolute Gasteiger partial charge is 0.390 e. The van der Waals surface area contributed by atoms with Gasteiger partial charge in [0.25, 0.3) is 0 Å². The van der Waals surface area contributed by atoms with E-state index in [1.54, 1.807) is 6.92 Å². The van der Waals surface area contributed by atoms with Crippen molar-refractivity contribution in [1.29, 1.82) is 0 Å². The van der Waals surface area contributed by atoms with E-state index in [0.717, 1.165) is 12.1 Å². The van der Waals surface area contributed by atoms with Crippen molar-refractivity contribution in [2.75, 3.05) is 26.1 Å². The van der Waals surface area contributed by atoms with Gasteiger partial charge in [-0.05, 0) is 25.1 Å². The summed E-state index contributed by atoms with van der Waals surface area (Å²) in [5, 5.41) is 9.69. The van der Waals surface area contributed by atoms with E-state index >= 15 is 0 Å². The van der Waals surface area contributed by atoms with Gasteiger partial charge in [-0.3, -0.25) is 0 Å². The molecule has 2 unspecified atom stereocenters. The molecule has 0 aliphatic rings. The molecule has 20 heavy (non-hydrogen) atoms. The van der Waals surface area contributed by atoms with Crippen LogP contribution in [-0.2, 0) is 19.3 Å². The van der Waals surface area contributed by atoms with Crippen LogP contribution in [0.5, 0.6) is 0 Å². The van der Waals surface area contributed by atoms with Gasteiger partial charge >= 0.3 is 0 Å². The molecule has 1 rings (SSSR count). The Morgan fingerprint density at radius 1 is 1.35 bits per heavy atom. The molecule has 0 saturated carbocycles. The Kier molecular flexibility index (Phi) is 6.54. The van der Waals surface area contributed by atoms with Crippen LogP contribution in [0.4, 0.5) is 4.39 Å². The van der Waals surface area contributed by atoms with Gasteiger partial charge in [0.05, 0.1) is 36.1 Å². The molecule has 1 N–H and O–H groups in total. The summed E-state index contributed by atoms with van der Waals surface area (Å²) >= 11 is 0. The van der Waals surface area contributed by atoms with Crippen molar-refractivity contribution in [3.05, 3.63) is 30.1 Å². The van der Waals surface area contributed by atoms with E-state index in [1.807, 2.05) is 0 Å². The van der Waals surface area contributed by atoms with E-state index in [-0.39, 0.29) is 17.6 Å². The molecule has 1 aromatic carbocycles. The van der Waals surface area contributed by atoms with Gasteiger partial charge < -0.3 is 14.6 Å². The van der Waals surface area contributed by atoms with E-state index in [2.05, 4.69) is 0 Å². The van der Waals surface area contributed by atoms with Crippen molar-refractivity contribution in [2.24, 2.45) is 0 Å². The standard InChI is InChI=1S/C13H19FO5S/c1-10(7-18-2)19-8-12(15)9-20(16,17)13-5-3-4-11(14)6-13/h3-6,10,12,15H,7-9H2,1-2H3. The Balaban J connectivity index is 2.58. The zero-order valence-electron chi connectivity index (χ0n) is 11.5. The number of sulfone groups is 1. The summed E-state index contributed by atoms with van der Waals surface area (Å²) in [6, 6.07) is 4.69. The van der Waals surface area contributed by atoms with E-state index in [1.165, 1.54) is 19.2 Å². The monoisotopic (exact) mass is 306 g/mol. The average molecular weight is 306 g/mol. The first-order chi connectivity index (χ1) is 9.35. The minimum absolute atomic E-state index is 0.126. The predicted octanol–water partition coefficient (Wildman–Crippen LogP) is 1.01. The lowest BCUT2D eigenvalue weighted by molar-refractivity contribution is -0.0260.